The van der Waals surface area contributed by atoms with E-state index in [1.54, 1.807) is 41.3 Å². The smallest absolute Gasteiger partial charge is 0.0911 e. The summed E-state index contributed by atoms with van der Waals surface area (Å²) in [6, 6.07) is 0. The summed E-state index contributed by atoms with van der Waals surface area (Å²) in [5.41, 5.74) is 6.32. The zero-order valence-electron chi connectivity index (χ0n) is 16.8. The molecule has 2 bridgehead atoms. The van der Waals surface area contributed by atoms with Gasteiger partial charge >= 0.3 is 0 Å². The molecule has 0 atom stereocenters. The monoisotopic (exact) mass is 406 g/mol. The molecule has 2 nitrogen and oxygen atoms in total. The molecule has 2 aromatic rings. The van der Waals surface area contributed by atoms with E-state index >= 15 is 0 Å². The van der Waals surface area contributed by atoms with Gasteiger partial charge in [0.1, 0.15) is 0 Å². The molecule has 0 fully saturated rings. The lowest BCUT2D eigenvalue weighted by Gasteiger charge is -2.43. The number of anilines is 2. The second-order valence-electron chi connectivity index (χ2n) is 9.69. The minimum Gasteiger partial charge on any atom is -0.347 e. The van der Waals surface area contributed by atoms with Crippen LogP contribution in [0.4, 0.5) is 11.4 Å². The van der Waals surface area contributed by atoms with Crippen molar-refractivity contribution in [1.29, 1.82) is 0 Å². The number of thiophene rings is 2. The summed E-state index contributed by atoms with van der Waals surface area (Å²) < 4.78 is 3.41. The van der Waals surface area contributed by atoms with Crippen LogP contribution in [0.5, 0.6) is 0 Å². The van der Waals surface area contributed by atoms with Crippen LogP contribution < -0.4 is 18.8 Å². The van der Waals surface area contributed by atoms with Gasteiger partial charge in [0.25, 0.3) is 0 Å². The second kappa shape index (κ2) is 5.47. The van der Waals surface area contributed by atoms with Gasteiger partial charge < -0.3 is 9.80 Å². The van der Waals surface area contributed by atoms with Gasteiger partial charge in [-0.1, -0.05) is 39.3 Å². The third-order valence-corrected chi connectivity index (χ3v) is 15.3. The highest BCUT2D eigenvalue weighted by Gasteiger charge is 2.38. The molecule has 25 heavy (non-hydrogen) atoms. The summed E-state index contributed by atoms with van der Waals surface area (Å²) in [4.78, 5) is 8.51. The standard InChI is InChI=1S/C19H30N2S2Si2/c1-12-16-14(22-18(12)24(3,4)5)9-21-11-20(16)10-15-17(21)13(2)19(23-15)25(6,7)8/h9-11H2,1-8H3. The molecule has 0 N–H and O–H groups in total. The third-order valence-electron chi connectivity index (χ3n) is 5.38. The van der Waals surface area contributed by atoms with Crippen LogP contribution in [0.25, 0.3) is 0 Å². The predicted molar refractivity (Wildman–Crippen MR) is 121 cm³/mol. The van der Waals surface area contributed by atoms with Crippen LogP contribution in [0, 0.1) is 13.8 Å². The number of rotatable bonds is 2. The highest BCUT2D eigenvalue weighted by atomic mass is 32.1. The summed E-state index contributed by atoms with van der Waals surface area (Å²) in [6.45, 7) is 23.0. The van der Waals surface area contributed by atoms with E-state index in [0.29, 0.717) is 0 Å². The van der Waals surface area contributed by atoms with Crippen molar-refractivity contribution in [3.05, 3.63) is 20.9 Å². The molecule has 0 radical (unpaired) electrons. The van der Waals surface area contributed by atoms with Crippen molar-refractivity contribution in [1.82, 2.24) is 0 Å². The first-order chi connectivity index (χ1) is 11.5. The first kappa shape index (κ1) is 17.8. The maximum absolute atomic E-state index is 2.65. The van der Waals surface area contributed by atoms with E-state index < -0.39 is 16.1 Å². The van der Waals surface area contributed by atoms with Gasteiger partial charge in [-0.3, -0.25) is 0 Å². The van der Waals surface area contributed by atoms with Crippen LogP contribution in [-0.4, -0.2) is 22.8 Å². The van der Waals surface area contributed by atoms with Crippen LogP contribution in [-0.2, 0) is 13.1 Å². The SMILES string of the molecule is Cc1c([Si](C)(C)C)sc2c1N1Cc3sc([Si](C)(C)C)c(C)c3N(C2)C1. The van der Waals surface area contributed by atoms with Gasteiger partial charge in [-0.05, 0) is 34.0 Å². The molecule has 0 unspecified atom stereocenters. The molecular formula is C19H30N2S2Si2. The fourth-order valence-electron chi connectivity index (χ4n) is 4.55. The van der Waals surface area contributed by atoms with E-state index in [1.165, 1.54) is 0 Å². The van der Waals surface area contributed by atoms with E-state index in [0.717, 1.165) is 19.8 Å². The third kappa shape index (κ3) is 2.68. The summed E-state index contributed by atoms with van der Waals surface area (Å²) in [6.07, 6.45) is 0. The van der Waals surface area contributed by atoms with Crippen LogP contribution in [0.15, 0.2) is 0 Å². The average molecular weight is 407 g/mol. The maximum Gasteiger partial charge on any atom is 0.0911 e. The fraction of sp³-hybridized carbons (Fsp3) is 0.579. The summed E-state index contributed by atoms with van der Waals surface area (Å²) in [5, 5.41) is 0. The van der Waals surface area contributed by atoms with E-state index in [1.807, 2.05) is 0 Å². The largest absolute Gasteiger partial charge is 0.347 e. The molecule has 0 saturated carbocycles. The van der Waals surface area contributed by atoms with Gasteiger partial charge in [-0.2, -0.15) is 0 Å². The van der Waals surface area contributed by atoms with Gasteiger partial charge in [-0.25, -0.2) is 0 Å². The molecule has 0 saturated heterocycles. The van der Waals surface area contributed by atoms with E-state index in [2.05, 4.69) is 85.6 Å². The van der Waals surface area contributed by atoms with Gasteiger partial charge in [0, 0.05) is 9.75 Å². The first-order valence-corrected chi connectivity index (χ1v) is 17.9. The second-order valence-corrected chi connectivity index (χ2v) is 22.6. The number of hydrogen-bond acceptors (Lipinski definition) is 4. The molecule has 6 heteroatoms. The Morgan fingerprint density at radius 2 is 1.04 bits per heavy atom. The zero-order chi connectivity index (χ0) is 18.3. The van der Waals surface area contributed by atoms with Crippen molar-refractivity contribution in [2.45, 2.75) is 66.2 Å². The summed E-state index contributed by atoms with van der Waals surface area (Å²) >= 11 is 4.22. The lowest BCUT2D eigenvalue weighted by molar-refractivity contribution is 0.662. The lowest BCUT2D eigenvalue weighted by atomic mass is 10.1. The fourth-order valence-corrected chi connectivity index (χ4v) is 12.4. The molecule has 4 heterocycles. The van der Waals surface area contributed by atoms with Crippen molar-refractivity contribution in [3.8, 4) is 0 Å². The van der Waals surface area contributed by atoms with E-state index in [-0.39, 0.29) is 0 Å². The molecular weight excluding hydrogens is 377 g/mol. The van der Waals surface area contributed by atoms with E-state index in [9.17, 15) is 0 Å². The lowest BCUT2D eigenvalue weighted by Crippen LogP contribution is -2.45. The van der Waals surface area contributed by atoms with Crippen molar-refractivity contribution in [2.24, 2.45) is 0 Å². The average Bonchev–Trinajstić information content (AvgIpc) is 2.96. The summed E-state index contributed by atoms with van der Waals surface area (Å²) in [7, 11) is -2.53. The Balaban J connectivity index is 1.81. The number of nitrogens with zero attached hydrogens (tertiary/aromatic N) is 2. The van der Waals surface area contributed by atoms with Gasteiger partial charge in [0.05, 0.1) is 47.3 Å². The maximum atomic E-state index is 2.65. The van der Waals surface area contributed by atoms with Crippen LogP contribution in [0.2, 0.25) is 39.3 Å². The quantitative estimate of drug-likeness (QED) is 0.660. The van der Waals surface area contributed by atoms with Crippen LogP contribution in [0.3, 0.4) is 0 Å². The molecule has 2 aliphatic rings. The molecule has 0 spiro atoms. The Labute approximate surface area is 162 Å². The van der Waals surface area contributed by atoms with Crippen LogP contribution >= 0.6 is 22.7 Å². The molecule has 2 aliphatic heterocycles. The molecule has 0 aliphatic carbocycles. The minimum atomic E-state index is -1.26. The molecule has 0 amide bonds. The van der Waals surface area contributed by atoms with E-state index in [4.69, 9.17) is 0 Å². The molecule has 4 rings (SSSR count). The number of hydrogen-bond donors (Lipinski definition) is 0. The Hall–Kier alpha value is -0.566. The van der Waals surface area contributed by atoms with Crippen LogP contribution in [0.1, 0.15) is 20.9 Å². The Kier molecular flexibility index (Phi) is 3.90. The number of fused-ring (bicyclic) bond motifs is 6. The molecule has 136 valence electrons. The van der Waals surface area contributed by atoms with Gasteiger partial charge in [0.15, 0.2) is 0 Å². The Morgan fingerprint density at radius 3 is 1.36 bits per heavy atom. The topological polar surface area (TPSA) is 6.48 Å². The van der Waals surface area contributed by atoms with Crippen molar-refractivity contribution in [3.63, 3.8) is 0 Å². The highest BCUT2D eigenvalue weighted by molar-refractivity contribution is 7.28. The predicted octanol–water partition coefficient (Wildman–Crippen LogP) is 4.81. The first-order valence-electron chi connectivity index (χ1n) is 9.24. The van der Waals surface area contributed by atoms with Gasteiger partial charge in [-0.15, -0.1) is 22.7 Å². The minimum absolute atomic E-state index is 1.07. The van der Waals surface area contributed by atoms with Crippen molar-refractivity contribution < 1.29 is 0 Å². The Bertz CT molecular complexity index is 782. The molecule has 2 aromatic heterocycles. The van der Waals surface area contributed by atoms with Crippen molar-refractivity contribution >= 4 is 59.2 Å². The Morgan fingerprint density at radius 1 is 0.680 bits per heavy atom. The van der Waals surface area contributed by atoms with Crippen molar-refractivity contribution in [2.75, 3.05) is 16.5 Å². The zero-order valence-corrected chi connectivity index (χ0v) is 20.5. The van der Waals surface area contributed by atoms with Gasteiger partial charge in [0.2, 0.25) is 0 Å². The highest BCUT2D eigenvalue weighted by Crippen LogP contribution is 2.45. The molecule has 0 aromatic carbocycles. The normalized spacial score (nSPS) is 17.0. The summed E-state index contributed by atoms with van der Waals surface area (Å²) in [5.74, 6) is 0.